The van der Waals surface area contributed by atoms with Crippen molar-refractivity contribution in [1.82, 2.24) is 4.98 Å². The second-order valence-corrected chi connectivity index (χ2v) is 3.12. The van der Waals surface area contributed by atoms with Gasteiger partial charge in [-0.15, -0.1) is 13.2 Å². The van der Waals surface area contributed by atoms with Gasteiger partial charge in [-0.25, -0.2) is 4.98 Å². The van der Waals surface area contributed by atoms with Crippen LogP contribution in [0.3, 0.4) is 0 Å². The Hall–Kier alpha value is -1.97. The van der Waals surface area contributed by atoms with Crippen LogP contribution in [-0.2, 0) is 6.42 Å². The average Bonchev–Trinajstić information content (AvgIpc) is 2.21. The van der Waals surface area contributed by atoms with Crippen molar-refractivity contribution in [3.63, 3.8) is 0 Å². The van der Waals surface area contributed by atoms with Gasteiger partial charge in [-0.3, -0.25) is 0 Å². The van der Waals surface area contributed by atoms with Crippen LogP contribution in [0.1, 0.15) is 11.3 Å². The summed E-state index contributed by atoms with van der Waals surface area (Å²) >= 11 is 0. The van der Waals surface area contributed by atoms with Gasteiger partial charge in [-0.1, -0.05) is 0 Å². The second kappa shape index (κ2) is 4.91. The number of hydrogen-bond acceptors (Lipinski definition) is 4. The first-order valence-electron chi connectivity index (χ1n) is 4.54. The highest BCUT2D eigenvalue weighted by Gasteiger charge is 2.33. The molecule has 1 aromatic rings. The van der Waals surface area contributed by atoms with E-state index in [2.05, 4.69) is 9.72 Å². The van der Waals surface area contributed by atoms with Gasteiger partial charge in [0.2, 0.25) is 5.88 Å². The predicted octanol–water partition coefficient (Wildman–Crippen LogP) is 2.36. The van der Waals surface area contributed by atoms with E-state index < -0.39 is 12.1 Å². The molecular weight excluding hydrogens is 237 g/mol. The molecule has 0 amide bonds. The maximum Gasteiger partial charge on any atom is 0.573 e. The third kappa shape index (κ3) is 3.52. The number of rotatable bonds is 3. The lowest BCUT2D eigenvalue weighted by Gasteiger charge is -2.14. The molecule has 0 aliphatic carbocycles. The summed E-state index contributed by atoms with van der Waals surface area (Å²) in [6.07, 6.45) is -5.03. The molecule has 7 heteroatoms. The number of methoxy groups -OCH3 is 1. The number of nitrogens with zero attached hydrogens (tertiary/aromatic N) is 2. The van der Waals surface area contributed by atoms with Crippen LogP contribution in [0.2, 0.25) is 0 Å². The smallest absolute Gasteiger partial charge is 0.481 e. The Kier molecular flexibility index (Phi) is 3.78. The third-order valence-corrected chi connectivity index (χ3v) is 1.89. The molecule has 0 fully saturated rings. The fourth-order valence-corrected chi connectivity index (χ4v) is 1.27. The van der Waals surface area contributed by atoms with Crippen LogP contribution in [0.25, 0.3) is 0 Å². The van der Waals surface area contributed by atoms with Crippen LogP contribution in [-0.4, -0.2) is 18.5 Å². The maximum absolute atomic E-state index is 12.2. The van der Waals surface area contributed by atoms with Crippen LogP contribution < -0.4 is 9.47 Å². The van der Waals surface area contributed by atoms with Gasteiger partial charge in [0.05, 0.1) is 25.3 Å². The van der Waals surface area contributed by atoms with E-state index in [0.29, 0.717) is 0 Å². The summed E-state index contributed by atoms with van der Waals surface area (Å²) in [6.45, 7) is 1.35. The highest BCUT2D eigenvalue weighted by atomic mass is 19.4. The Labute approximate surface area is 95.6 Å². The molecule has 1 aromatic heterocycles. The molecule has 1 rings (SSSR count). The predicted molar refractivity (Wildman–Crippen MR) is 51.5 cm³/mol. The summed E-state index contributed by atoms with van der Waals surface area (Å²) in [5.41, 5.74) is 0.112. The minimum absolute atomic E-state index is 0.0203. The van der Waals surface area contributed by atoms with Crippen LogP contribution >= 0.6 is 0 Å². The molecule has 0 aliphatic heterocycles. The van der Waals surface area contributed by atoms with E-state index in [9.17, 15) is 13.2 Å². The molecule has 0 spiro atoms. The Morgan fingerprint density at radius 1 is 1.47 bits per heavy atom. The quantitative estimate of drug-likeness (QED) is 0.821. The minimum Gasteiger partial charge on any atom is -0.481 e. The maximum atomic E-state index is 12.2. The summed E-state index contributed by atoms with van der Waals surface area (Å²) in [4.78, 5) is 3.76. The van der Waals surface area contributed by atoms with Crippen molar-refractivity contribution < 1.29 is 22.6 Å². The number of alkyl halides is 3. The highest BCUT2D eigenvalue weighted by molar-refractivity contribution is 5.42. The fourth-order valence-electron chi connectivity index (χ4n) is 1.27. The SMILES string of the molecule is COc1cc(CC#N)c(OC(F)(F)F)c(C)n1. The summed E-state index contributed by atoms with van der Waals surface area (Å²) in [5.74, 6) is -0.304. The molecule has 17 heavy (non-hydrogen) atoms. The Morgan fingerprint density at radius 3 is 2.59 bits per heavy atom. The van der Waals surface area contributed by atoms with Crippen molar-refractivity contribution in [3.8, 4) is 17.7 Å². The summed E-state index contributed by atoms with van der Waals surface area (Å²) in [5, 5.41) is 8.55. The van der Waals surface area contributed by atoms with Gasteiger partial charge >= 0.3 is 6.36 Å². The van der Waals surface area contributed by atoms with Crippen molar-refractivity contribution >= 4 is 0 Å². The Balaban J connectivity index is 3.22. The number of ether oxygens (including phenoxy) is 2. The Morgan fingerprint density at radius 2 is 2.12 bits per heavy atom. The monoisotopic (exact) mass is 246 g/mol. The zero-order valence-electron chi connectivity index (χ0n) is 9.13. The topological polar surface area (TPSA) is 55.1 Å². The first-order valence-corrected chi connectivity index (χ1v) is 4.54. The van der Waals surface area contributed by atoms with Gasteiger partial charge < -0.3 is 9.47 Å². The zero-order chi connectivity index (χ0) is 13.1. The lowest BCUT2D eigenvalue weighted by Crippen LogP contribution is -2.19. The molecule has 0 aliphatic rings. The number of pyridine rings is 1. The van der Waals surface area contributed by atoms with Gasteiger partial charge in [0, 0.05) is 11.6 Å². The molecular formula is C10H9F3N2O2. The molecule has 92 valence electrons. The highest BCUT2D eigenvalue weighted by Crippen LogP contribution is 2.31. The lowest BCUT2D eigenvalue weighted by atomic mass is 10.1. The zero-order valence-corrected chi connectivity index (χ0v) is 9.13. The normalized spacial score (nSPS) is 10.8. The van der Waals surface area contributed by atoms with Gasteiger partial charge in [-0.2, -0.15) is 5.26 Å². The number of nitriles is 1. The van der Waals surface area contributed by atoms with Crippen molar-refractivity contribution in [2.24, 2.45) is 0 Å². The molecule has 0 aromatic carbocycles. The summed E-state index contributed by atoms with van der Waals surface area (Å²) in [6, 6.07) is 3.01. The van der Waals surface area contributed by atoms with Gasteiger partial charge in [0.1, 0.15) is 0 Å². The van der Waals surface area contributed by atoms with E-state index >= 15 is 0 Å². The van der Waals surface area contributed by atoms with Crippen molar-refractivity contribution in [3.05, 3.63) is 17.3 Å². The largest absolute Gasteiger partial charge is 0.573 e. The molecule has 4 nitrogen and oxygen atoms in total. The number of halogens is 3. The third-order valence-electron chi connectivity index (χ3n) is 1.89. The number of aryl methyl sites for hydroxylation is 1. The van der Waals surface area contributed by atoms with Gasteiger partial charge in [-0.05, 0) is 6.92 Å². The molecule has 0 N–H and O–H groups in total. The fraction of sp³-hybridized carbons (Fsp3) is 0.400. The van der Waals surface area contributed by atoms with Crippen LogP contribution in [0.5, 0.6) is 11.6 Å². The van der Waals surface area contributed by atoms with Crippen LogP contribution in [0.4, 0.5) is 13.2 Å². The number of aromatic nitrogens is 1. The number of hydrogen-bond donors (Lipinski definition) is 0. The molecule has 0 unspecified atom stereocenters. The molecule has 0 atom stereocenters. The molecule has 1 heterocycles. The summed E-state index contributed by atoms with van der Waals surface area (Å²) < 4.78 is 45.1. The van der Waals surface area contributed by atoms with E-state index in [1.165, 1.54) is 20.1 Å². The van der Waals surface area contributed by atoms with Crippen molar-refractivity contribution in [1.29, 1.82) is 5.26 Å². The molecule has 0 bridgehead atoms. The first-order chi connectivity index (χ1) is 7.87. The van der Waals surface area contributed by atoms with E-state index in [1.54, 1.807) is 6.07 Å². The molecule has 0 saturated carbocycles. The lowest BCUT2D eigenvalue weighted by molar-refractivity contribution is -0.275. The minimum atomic E-state index is -4.81. The van der Waals surface area contributed by atoms with Crippen LogP contribution in [0, 0.1) is 18.3 Å². The van der Waals surface area contributed by atoms with Gasteiger partial charge in [0.15, 0.2) is 5.75 Å². The first kappa shape index (κ1) is 13.1. The van der Waals surface area contributed by atoms with Crippen molar-refractivity contribution in [2.75, 3.05) is 7.11 Å². The van der Waals surface area contributed by atoms with Gasteiger partial charge in [0.25, 0.3) is 0 Å². The van der Waals surface area contributed by atoms with E-state index in [4.69, 9.17) is 10.00 Å². The Bertz CT molecular complexity index is 452. The second-order valence-electron chi connectivity index (χ2n) is 3.12. The molecule has 0 radical (unpaired) electrons. The molecule has 0 saturated heterocycles. The van der Waals surface area contributed by atoms with E-state index in [0.717, 1.165) is 0 Å². The van der Waals surface area contributed by atoms with E-state index in [-0.39, 0.29) is 23.6 Å². The average molecular weight is 246 g/mol. The summed E-state index contributed by atoms with van der Waals surface area (Å²) in [7, 11) is 1.34. The standard InChI is InChI=1S/C10H9F3N2O2/c1-6-9(17-10(11,12)13)7(3-4-14)5-8(15-6)16-2/h5H,3H2,1-2H3. The van der Waals surface area contributed by atoms with E-state index in [1.807, 2.05) is 0 Å². The van der Waals surface area contributed by atoms with Crippen LogP contribution in [0.15, 0.2) is 6.07 Å². The van der Waals surface area contributed by atoms with Crippen molar-refractivity contribution in [2.45, 2.75) is 19.7 Å².